The topological polar surface area (TPSA) is 69.6 Å². The molecule has 1 aliphatic carbocycles. The molecule has 0 spiro atoms. The quantitative estimate of drug-likeness (QED) is 0.842. The fraction of sp³-hybridized carbons (Fsp3) is 0.417. The first-order valence-electron chi connectivity index (χ1n) is 5.99. The van der Waals surface area contributed by atoms with E-state index in [1.165, 1.54) is 25.0 Å². The molecule has 6 heteroatoms. The van der Waals surface area contributed by atoms with Crippen molar-refractivity contribution in [2.45, 2.75) is 25.8 Å². The van der Waals surface area contributed by atoms with Crippen molar-refractivity contribution in [3.05, 3.63) is 24.0 Å². The number of hydrogen-bond acceptors (Lipinski definition) is 4. The van der Waals surface area contributed by atoms with E-state index in [1.54, 1.807) is 10.7 Å². The summed E-state index contributed by atoms with van der Waals surface area (Å²) in [7, 11) is 0. The zero-order chi connectivity index (χ0) is 12.7. The van der Waals surface area contributed by atoms with Crippen LogP contribution >= 0.6 is 0 Å². The van der Waals surface area contributed by atoms with Crippen LogP contribution in [0.3, 0.4) is 0 Å². The number of benzene rings is 1. The van der Waals surface area contributed by atoms with Gasteiger partial charge in [0.05, 0.1) is 6.04 Å². The molecule has 1 fully saturated rings. The summed E-state index contributed by atoms with van der Waals surface area (Å²) in [4.78, 5) is 0. The van der Waals surface area contributed by atoms with Gasteiger partial charge in [-0.15, -0.1) is 5.10 Å². The van der Waals surface area contributed by atoms with Gasteiger partial charge < -0.3 is 5.73 Å². The van der Waals surface area contributed by atoms with Crippen molar-refractivity contribution < 1.29 is 4.39 Å². The van der Waals surface area contributed by atoms with E-state index in [0.29, 0.717) is 23.0 Å². The van der Waals surface area contributed by atoms with E-state index in [1.807, 2.05) is 0 Å². The molecule has 0 amide bonds. The van der Waals surface area contributed by atoms with Gasteiger partial charge in [0.15, 0.2) is 5.82 Å². The maximum absolute atomic E-state index is 13.4. The molecule has 18 heavy (non-hydrogen) atoms. The normalized spacial score (nSPS) is 16.8. The highest BCUT2D eigenvalue weighted by atomic mass is 19.1. The van der Waals surface area contributed by atoms with Gasteiger partial charge in [0, 0.05) is 11.3 Å². The van der Waals surface area contributed by atoms with E-state index in [0.717, 1.165) is 0 Å². The predicted octanol–water partition coefficient (Wildman–Crippen LogP) is 2.03. The Kier molecular flexibility index (Phi) is 2.50. The number of nitrogens with two attached hydrogens (primary N) is 1. The maximum atomic E-state index is 13.4. The summed E-state index contributed by atoms with van der Waals surface area (Å²) in [5, 5.41) is 11.7. The minimum Gasteiger partial charge on any atom is -0.399 e. The molecule has 2 N–H and O–H groups in total. The lowest BCUT2D eigenvalue weighted by atomic mass is 10.1. The first-order valence-corrected chi connectivity index (χ1v) is 5.99. The van der Waals surface area contributed by atoms with Crippen molar-refractivity contribution >= 4 is 5.69 Å². The van der Waals surface area contributed by atoms with Crippen LogP contribution in [0.1, 0.15) is 25.8 Å². The largest absolute Gasteiger partial charge is 0.399 e. The average Bonchev–Trinajstić information content (AvgIpc) is 3.04. The third kappa shape index (κ3) is 1.94. The van der Waals surface area contributed by atoms with Gasteiger partial charge in [-0.05, 0) is 54.3 Å². The van der Waals surface area contributed by atoms with E-state index >= 15 is 0 Å². The number of nitrogen functional groups attached to an aromatic ring is 1. The second-order valence-electron chi connectivity index (χ2n) is 4.80. The lowest BCUT2D eigenvalue weighted by Crippen LogP contribution is -2.11. The van der Waals surface area contributed by atoms with Crippen LogP contribution in [0.2, 0.25) is 0 Å². The Morgan fingerprint density at radius 3 is 2.83 bits per heavy atom. The van der Waals surface area contributed by atoms with Gasteiger partial charge in [-0.1, -0.05) is 0 Å². The summed E-state index contributed by atoms with van der Waals surface area (Å²) in [5.74, 6) is 0.817. The standard InChI is InChI=1S/C12H14FN5/c1-7(8-2-3-8)18-12(15-16-17-18)9-4-10(13)6-11(14)5-9/h4-8H,2-3,14H2,1H3. The fourth-order valence-corrected chi connectivity index (χ4v) is 2.18. The number of hydrogen-bond donors (Lipinski definition) is 1. The Hall–Kier alpha value is -1.98. The van der Waals surface area contributed by atoms with Crippen molar-refractivity contribution in [1.29, 1.82) is 0 Å². The van der Waals surface area contributed by atoms with Crippen LogP contribution in [0, 0.1) is 11.7 Å². The fourth-order valence-electron chi connectivity index (χ4n) is 2.18. The lowest BCUT2D eigenvalue weighted by Gasteiger charge is -2.12. The molecule has 3 rings (SSSR count). The highest BCUT2D eigenvalue weighted by Crippen LogP contribution is 2.40. The maximum Gasteiger partial charge on any atom is 0.182 e. The minimum atomic E-state index is -0.376. The number of tetrazole rings is 1. The first kappa shape index (κ1) is 11.1. The summed E-state index contributed by atoms with van der Waals surface area (Å²) < 4.78 is 15.1. The molecule has 1 heterocycles. The zero-order valence-corrected chi connectivity index (χ0v) is 10.0. The van der Waals surface area contributed by atoms with Crippen LogP contribution in [0.25, 0.3) is 11.4 Å². The van der Waals surface area contributed by atoms with E-state index < -0.39 is 0 Å². The molecule has 1 atom stereocenters. The van der Waals surface area contributed by atoms with Gasteiger partial charge in [-0.3, -0.25) is 0 Å². The number of aromatic nitrogens is 4. The molecule has 0 radical (unpaired) electrons. The van der Waals surface area contributed by atoms with Crippen molar-refractivity contribution in [2.24, 2.45) is 5.92 Å². The summed E-state index contributed by atoms with van der Waals surface area (Å²) in [5.41, 5.74) is 6.64. The van der Waals surface area contributed by atoms with Crippen LogP contribution in [-0.4, -0.2) is 20.2 Å². The Morgan fingerprint density at radius 2 is 2.17 bits per heavy atom. The Labute approximate surface area is 104 Å². The molecule has 5 nitrogen and oxygen atoms in total. The van der Waals surface area contributed by atoms with Crippen molar-refractivity contribution in [3.63, 3.8) is 0 Å². The minimum absolute atomic E-state index is 0.236. The van der Waals surface area contributed by atoms with Crippen molar-refractivity contribution in [3.8, 4) is 11.4 Å². The van der Waals surface area contributed by atoms with Gasteiger partial charge in [0.2, 0.25) is 0 Å². The lowest BCUT2D eigenvalue weighted by molar-refractivity contribution is 0.433. The van der Waals surface area contributed by atoms with E-state index in [2.05, 4.69) is 22.4 Å². The number of rotatable bonds is 3. The molecule has 0 aliphatic heterocycles. The number of nitrogens with zero attached hydrogens (tertiary/aromatic N) is 4. The smallest absolute Gasteiger partial charge is 0.182 e. The molecule has 0 saturated heterocycles. The molecule has 1 saturated carbocycles. The average molecular weight is 247 g/mol. The first-order chi connectivity index (χ1) is 8.65. The summed E-state index contributed by atoms with van der Waals surface area (Å²) >= 11 is 0. The summed E-state index contributed by atoms with van der Waals surface area (Å²) in [6, 6.07) is 4.60. The Morgan fingerprint density at radius 1 is 1.39 bits per heavy atom. The third-order valence-electron chi connectivity index (χ3n) is 3.36. The molecular formula is C12H14FN5. The number of halogens is 1. The Balaban J connectivity index is 2.03. The molecular weight excluding hydrogens is 233 g/mol. The molecule has 0 bridgehead atoms. The van der Waals surface area contributed by atoms with Gasteiger partial charge in [0.1, 0.15) is 5.82 Å². The van der Waals surface area contributed by atoms with Gasteiger partial charge >= 0.3 is 0 Å². The molecule has 1 aromatic heterocycles. The number of anilines is 1. The highest BCUT2D eigenvalue weighted by Gasteiger charge is 2.31. The zero-order valence-electron chi connectivity index (χ0n) is 10.0. The SMILES string of the molecule is CC(C1CC1)n1nnnc1-c1cc(N)cc(F)c1. The van der Waals surface area contributed by atoms with Gasteiger partial charge in [-0.2, -0.15) is 0 Å². The van der Waals surface area contributed by atoms with Crippen LogP contribution in [0.4, 0.5) is 10.1 Å². The summed E-state index contributed by atoms with van der Waals surface area (Å²) in [6.07, 6.45) is 2.40. The second kappa shape index (κ2) is 4.04. The third-order valence-corrected chi connectivity index (χ3v) is 3.36. The molecule has 1 aromatic carbocycles. The molecule has 94 valence electrons. The van der Waals surface area contributed by atoms with E-state index in [-0.39, 0.29) is 11.9 Å². The predicted molar refractivity (Wildman–Crippen MR) is 65.1 cm³/mol. The van der Waals surface area contributed by atoms with Crippen LogP contribution in [0.15, 0.2) is 18.2 Å². The van der Waals surface area contributed by atoms with Crippen LogP contribution in [-0.2, 0) is 0 Å². The monoisotopic (exact) mass is 247 g/mol. The Bertz CT molecular complexity index is 555. The van der Waals surface area contributed by atoms with E-state index in [9.17, 15) is 4.39 Å². The highest BCUT2D eigenvalue weighted by molar-refractivity contribution is 5.61. The van der Waals surface area contributed by atoms with Gasteiger partial charge in [0.25, 0.3) is 0 Å². The van der Waals surface area contributed by atoms with Crippen molar-refractivity contribution in [2.75, 3.05) is 5.73 Å². The van der Waals surface area contributed by atoms with E-state index in [4.69, 9.17) is 5.73 Å². The summed E-state index contributed by atoms with van der Waals surface area (Å²) in [6.45, 7) is 2.08. The van der Waals surface area contributed by atoms with Crippen LogP contribution in [0.5, 0.6) is 0 Å². The molecule has 2 aromatic rings. The van der Waals surface area contributed by atoms with Crippen LogP contribution < -0.4 is 5.73 Å². The van der Waals surface area contributed by atoms with Crippen molar-refractivity contribution in [1.82, 2.24) is 20.2 Å². The molecule has 1 unspecified atom stereocenters. The second-order valence-corrected chi connectivity index (χ2v) is 4.80. The van der Waals surface area contributed by atoms with Gasteiger partial charge in [-0.25, -0.2) is 9.07 Å². The molecule has 1 aliphatic rings.